The third-order valence-electron chi connectivity index (χ3n) is 4.07. The van der Waals surface area contributed by atoms with E-state index in [0.29, 0.717) is 24.6 Å². The molecule has 2 aromatic heterocycles. The summed E-state index contributed by atoms with van der Waals surface area (Å²) in [5.41, 5.74) is 2.37. The summed E-state index contributed by atoms with van der Waals surface area (Å²) >= 11 is 0. The number of hydrogen-bond donors (Lipinski definition) is 1. The third-order valence-corrected chi connectivity index (χ3v) is 4.07. The van der Waals surface area contributed by atoms with Crippen LogP contribution in [-0.2, 0) is 18.2 Å². The van der Waals surface area contributed by atoms with Crippen molar-refractivity contribution in [3.8, 4) is 0 Å². The molecule has 2 aromatic rings. The Bertz CT molecular complexity index is 676. The second-order valence-electron chi connectivity index (χ2n) is 5.45. The Hall–Kier alpha value is -2.15. The molecular weight excluding hydrogens is 284 g/mol. The van der Waals surface area contributed by atoms with Crippen molar-refractivity contribution in [1.29, 1.82) is 0 Å². The molecule has 0 spiro atoms. The molecule has 22 heavy (non-hydrogen) atoms. The van der Waals surface area contributed by atoms with Crippen molar-refractivity contribution in [3.05, 3.63) is 35.3 Å². The molecule has 1 amide bonds. The standard InChI is InChI=1S/C15H20N4O3/c1-4-13-17-12(8-22-13)15(20)18-11-5-6-21-14(11)10-7-16-19(3)9(10)2/h7-8,11,14H,4-6H2,1-3H3,(H,18,20)/t11-,14+/m0/s1. The summed E-state index contributed by atoms with van der Waals surface area (Å²) in [6.07, 6.45) is 4.46. The van der Waals surface area contributed by atoms with E-state index in [1.807, 2.05) is 20.9 Å². The van der Waals surface area contributed by atoms with Crippen LogP contribution in [0.15, 0.2) is 16.9 Å². The van der Waals surface area contributed by atoms with Crippen LogP contribution in [0.4, 0.5) is 0 Å². The van der Waals surface area contributed by atoms with E-state index < -0.39 is 0 Å². The molecule has 1 N–H and O–H groups in total. The minimum atomic E-state index is -0.231. The van der Waals surface area contributed by atoms with E-state index >= 15 is 0 Å². The van der Waals surface area contributed by atoms with Gasteiger partial charge in [-0.2, -0.15) is 5.10 Å². The quantitative estimate of drug-likeness (QED) is 0.926. The van der Waals surface area contributed by atoms with Gasteiger partial charge in [0, 0.05) is 31.3 Å². The Morgan fingerprint density at radius 3 is 3.00 bits per heavy atom. The van der Waals surface area contributed by atoms with Crippen molar-refractivity contribution < 1.29 is 13.9 Å². The molecule has 2 atom stereocenters. The number of aromatic nitrogens is 3. The first-order valence-electron chi connectivity index (χ1n) is 7.45. The average molecular weight is 304 g/mol. The first kappa shape index (κ1) is 14.8. The van der Waals surface area contributed by atoms with Gasteiger partial charge in [0.1, 0.15) is 12.4 Å². The maximum atomic E-state index is 12.3. The molecular formula is C15H20N4O3. The SMILES string of the molecule is CCc1nc(C(=O)N[C@H]2CCO[C@@H]2c2cnn(C)c2C)co1. The van der Waals surface area contributed by atoms with E-state index in [-0.39, 0.29) is 18.1 Å². The van der Waals surface area contributed by atoms with Crippen LogP contribution in [0, 0.1) is 6.92 Å². The number of carbonyl (C=O) groups excluding carboxylic acids is 1. The van der Waals surface area contributed by atoms with Crippen molar-refractivity contribution in [2.45, 2.75) is 38.8 Å². The summed E-state index contributed by atoms with van der Waals surface area (Å²) < 4.78 is 12.8. The summed E-state index contributed by atoms with van der Waals surface area (Å²) in [5.74, 6) is 0.331. The highest BCUT2D eigenvalue weighted by Gasteiger charge is 2.33. The van der Waals surface area contributed by atoms with E-state index in [0.717, 1.165) is 17.7 Å². The van der Waals surface area contributed by atoms with Gasteiger partial charge in [-0.1, -0.05) is 6.92 Å². The number of nitrogens with zero attached hydrogens (tertiary/aromatic N) is 3. The zero-order valence-corrected chi connectivity index (χ0v) is 13.0. The fourth-order valence-electron chi connectivity index (χ4n) is 2.66. The molecule has 1 aliphatic rings. The maximum Gasteiger partial charge on any atom is 0.273 e. The van der Waals surface area contributed by atoms with E-state index in [1.54, 1.807) is 10.9 Å². The van der Waals surface area contributed by atoms with E-state index in [2.05, 4.69) is 15.4 Å². The molecule has 1 fully saturated rings. The minimum absolute atomic E-state index is 0.0859. The summed E-state index contributed by atoms with van der Waals surface area (Å²) in [4.78, 5) is 16.4. The smallest absolute Gasteiger partial charge is 0.273 e. The minimum Gasteiger partial charge on any atom is -0.448 e. The molecule has 7 heteroatoms. The van der Waals surface area contributed by atoms with Crippen molar-refractivity contribution in [2.24, 2.45) is 7.05 Å². The van der Waals surface area contributed by atoms with Gasteiger partial charge >= 0.3 is 0 Å². The Kier molecular flexibility index (Phi) is 3.98. The molecule has 118 valence electrons. The normalized spacial score (nSPS) is 21.2. The first-order chi connectivity index (χ1) is 10.6. The molecule has 0 saturated carbocycles. The van der Waals surface area contributed by atoms with Crippen LogP contribution < -0.4 is 5.32 Å². The van der Waals surface area contributed by atoms with Crippen molar-refractivity contribution in [3.63, 3.8) is 0 Å². The van der Waals surface area contributed by atoms with Crippen LogP contribution in [0.3, 0.4) is 0 Å². The molecule has 7 nitrogen and oxygen atoms in total. The first-order valence-corrected chi connectivity index (χ1v) is 7.45. The predicted molar refractivity (Wildman–Crippen MR) is 78.4 cm³/mol. The topological polar surface area (TPSA) is 82.2 Å². The highest BCUT2D eigenvalue weighted by Crippen LogP contribution is 2.31. The molecule has 3 rings (SSSR count). The number of amides is 1. The Balaban J connectivity index is 1.73. The fraction of sp³-hybridized carbons (Fsp3) is 0.533. The number of rotatable bonds is 4. The summed E-state index contributed by atoms with van der Waals surface area (Å²) in [5, 5.41) is 7.24. The van der Waals surface area contributed by atoms with Gasteiger partial charge in [0.15, 0.2) is 11.6 Å². The Morgan fingerprint density at radius 1 is 1.55 bits per heavy atom. The molecule has 0 radical (unpaired) electrons. The highest BCUT2D eigenvalue weighted by molar-refractivity contribution is 5.92. The maximum absolute atomic E-state index is 12.3. The summed E-state index contributed by atoms with van der Waals surface area (Å²) in [6, 6.07) is -0.0859. The molecule has 1 aliphatic heterocycles. The van der Waals surface area contributed by atoms with Gasteiger partial charge in [-0.05, 0) is 13.3 Å². The lowest BCUT2D eigenvalue weighted by molar-refractivity contribution is 0.0815. The second kappa shape index (κ2) is 5.92. The molecule has 0 bridgehead atoms. The number of nitrogens with one attached hydrogen (secondary N) is 1. The number of hydrogen-bond acceptors (Lipinski definition) is 5. The van der Waals surface area contributed by atoms with E-state index in [1.165, 1.54) is 6.26 Å². The van der Waals surface area contributed by atoms with Crippen LogP contribution in [0.2, 0.25) is 0 Å². The van der Waals surface area contributed by atoms with Crippen LogP contribution in [0.5, 0.6) is 0 Å². The molecule has 0 aromatic carbocycles. The number of oxazole rings is 1. The summed E-state index contributed by atoms with van der Waals surface area (Å²) in [7, 11) is 1.89. The molecule has 1 saturated heterocycles. The second-order valence-corrected chi connectivity index (χ2v) is 5.45. The largest absolute Gasteiger partial charge is 0.448 e. The lowest BCUT2D eigenvalue weighted by Crippen LogP contribution is -2.37. The number of ether oxygens (including phenoxy) is 1. The van der Waals surface area contributed by atoms with Crippen LogP contribution in [0.25, 0.3) is 0 Å². The molecule has 3 heterocycles. The van der Waals surface area contributed by atoms with E-state index in [4.69, 9.17) is 9.15 Å². The predicted octanol–water partition coefficient (Wildman–Crippen LogP) is 1.54. The summed E-state index contributed by atoms with van der Waals surface area (Å²) in [6.45, 7) is 4.54. The zero-order chi connectivity index (χ0) is 15.7. The van der Waals surface area contributed by atoms with Gasteiger partial charge < -0.3 is 14.5 Å². The van der Waals surface area contributed by atoms with Gasteiger partial charge in [-0.25, -0.2) is 4.98 Å². The lowest BCUT2D eigenvalue weighted by Gasteiger charge is -2.19. The highest BCUT2D eigenvalue weighted by atomic mass is 16.5. The van der Waals surface area contributed by atoms with Crippen molar-refractivity contribution in [2.75, 3.05) is 6.61 Å². The Labute approximate surface area is 128 Å². The number of carbonyl (C=O) groups is 1. The zero-order valence-electron chi connectivity index (χ0n) is 13.0. The van der Waals surface area contributed by atoms with Gasteiger partial charge in [-0.3, -0.25) is 9.48 Å². The lowest BCUT2D eigenvalue weighted by atomic mass is 10.0. The Morgan fingerprint density at radius 2 is 2.36 bits per heavy atom. The third kappa shape index (κ3) is 2.64. The molecule has 0 unspecified atom stereocenters. The van der Waals surface area contributed by atoms with Gasteiger partial charge in [0.25, 0.3) is 5.91 Å². The van der Waals surface area contributed by atoms with Crippen LogP contribution >= 0.6 is 0 Å². The fourth-order valence-corrected chi connectivity index (χ4v) is 2.66. The average Bonchev–Trinajstić information content (AvgIpc) is 3.21. The molecule has 0 aliphatic carbocycles. The van der Waals surface area contributed by atoms with Gasteiger partial charge in [-0.15, -0.1) is 0 Å². The monoisotopic (exact) mass is 304 g/mol. The van der Waals surface area contributed by atoms with Gasteiger partial charge in [0.05, 0.1) is 12.2 Å². The van der Waals surface area contributed by atoms with Crippen LogP contribution in [-0.4, -0.2) is 33.3 Å². The number of aryl methyl sites for hydroxylation is 2. The van der Waals surface area contributed by atoms with Gasteiger partial charge in [0.2, 0.25) is 0 Å². The van der Waals surface area contributed by atoms with E-state index in [9.17, 15) is 4.79 Å². The van der Waals surface area contributed by atoms with Crippen LogP contribution in [0.1, 0.15) is 47.1 Å². The van der Waals surface area contributed by atoms with Crippen molar-refractivity contribution >= 4 is 5.91 Å². The van der Waals surface area contributed by atoms with Crippen molar-refractivity contribution in [1.82, 2.24) is 20.1 Å².